The monoisotopic (exact) mass is 373 g/mol. The van der Waals surface area contributed by atoms with Crippen LogP contribution in [0, 0.1) is 0 Å². The summed E-state index contributed by atoms with van der Waals surface area (Å²) in [6.07, 6.45) is 7.27. The van der Waals surface area contributed by atoms with E-state index in [0.717, 1.165) is 69.8 Å². The summed E-state index contributed by atoms with van der Waals surface area (Å²) in [6, 6.07) is 2.21. The van der Waals surface area contributed by atoms with E-state index in [1.54, 1.807) is 4.68 Å². The molecule has 0 bridgehead atoms. The van der Waals surface area contributed by atoms with E-state index < -0.39 is 0 Å². The fourth-order valence-corrected chi connectivity index (χ4v) is 4.63. The van der Waals surface area contributed by atoms with Crippen molar-refractivity contribution in [3.8, 4) is 0 Å². The number of fused-ring (bicyclic) bond motifs is 1. The molecular formula is C20H31N5O2. The summed E-state index contributed by atoms with van der Waals surface area (Å²) in [5.41, 5.74) is 2.35. The number of likely N-dealkylation sites (tertiary alicyclic amines) is 1. The fraction of sp³-hybridized carbons (Fsp3) is 0.750. The van der Waals surface area contributed by atoms with Gasteiger partial charge in [0.25, 0.3) is 5.56 Å². The summed E-state index contributed by atoms with van der Waals surface area (Å²) in [5.74, 6) is 0.161. The van der Waals surface area contributed by atoms with E-state index in [0.29, 0.717) is 19.0 Å². The molecule has 1 N–H and O–H groups in total. The number of aryl methyl sites for hydroxylation is 2. The zero-order valence-corrected chi connectivity index (χ0v) is 16.2. The third-order valence-electron chi connectivity index (χ3n) is 6.27. The predicted molar refractivity (Wildman–Crippen MR) is 104 cm³/mol. The zero-order valence-electron chi connectivity index (χ0n) is 16.2. The SMILES string of the molecule is O=C1CCN(CCN2CCCC2Cn2nc3c(cc2=O)CCCC3)CCN1. The van der Waals surface area contributed by atoms with Gasteiger partial charge in [0, 0.05) is 51.3 Å². The summed E-state index contributed by atoms with van der Waals surface area (Å²) in [6.45, 7) is 6.29. The van der Waals surface area contributed by atoms with Crippen molar-refractivity contribution in [1.29, 1.82) is 0 Å². The molecule has 3 heterocycles. The molecule has 0 radical (unpaired) electrons. The van der Waals surface area contributed by atoms with E-state index >= 15 is 0 Å². The summed E-state index contributed by atoms with van der Waals surface area (Å²) in [5, 5.41) is 7.64. The van der Waals surface area contributed by atoms with Crippen molar-refractivity contribution in [2.24, 2.45) is 0 Å². The van der Waals surface area contributed by atoms with E-state index in [4.69, 9.17) is 5.10 Å². The number of nitrogens with zero attached hydrogens (tertiary/aromatic N) is 4. The van der Waals surface area contributed by atoms with Crippen molar-refractivity contribution in [3.05, 3.63) is 27.7 Å². The number of rotatable bonds is 5. The lowest BCUT2D eigenvalue weighted by atomic mass is 9.97. The first kappa shape index (κ1) is 18.6. The van der Waals surface area contributed by atoms with Crippen molar-refractivity contribution < 1.29 is 4.79 Å². The number of amides is 1. The van der Waals surface area contributed by atoms with Crippen molar-refractivity contribution in [3.63, 3.8) is 0 Å². The van der Waals surface area contributed by atoms with Gasteiger partial charge in [0.05, 0.1) is 12.2 Å². The Balaban J connectivity index is 1.36. The Morgan fingerprint density at radius 2 is 1.93 bits per heavy atom. The Morgan fingerprint density at radius 3 is 2.85 bits per heavy atom. The van der Waals surface area contributed by atoms with Crippen LogP contribution in [-0.2, 0) is 24.2 Å². The van der Waals surface area contributed by atoms with Gasteiger partial charge in [-0.3, -0.25) is 19.4 Å². The molecule has 1 aliphatic carbocycles. The standard InChI is InChI=1S/C20H31N5O2/c26-19-7-10-23(11-8-21-19)12-13-24-9-3-5-17(24)15-25-20(27)14-16-4-1-2-6-18(16)22-25/h14,17H,1-13,15H2,(H,21,26). The van der Waals surface area contributed by atoms with Gasteiger partial charge in [-0.15, -0.1) is 0 Å². The largest absolute Gasteiger partial charge is 0.355 e. The molecular weight excluding hydrogens is 342 g/mol. The first-order valence-corrected chi connectivity index (χ1v) is 10.5. The predicted octanol–water partition coefficient (Wildman–Crippen LogP) is 0.408. The number of nitrogens with one attached hydrogen (secondary N) is 1. The Hall–Kier alpha value is -1.73. The van der Waals surface area contributed by atoms with Crippen LogP contribution in [0.15, 0.2) is 10.9 Å². The molecule has 2 saturated heterocycles. The minimum atomic E-state index is 0.0552. The number of hydrogen-bond acceptors (Lipinski definition) is 5. The van der Waals surface area contributed by atoms with Gasteiger partial charge in [0.15, 0.2) is 0 Å². The maximum absolute atomic E-state index is 12.5. The minimum Gasteiger partial charge on any atom is -0.355 e. The molecule has 7 nitrogen and oxygen atoms in total. The molecule has 27 heavy (non-hydrogen) atoms. The van der Waals surface area contributed by atoms with Gasteiger partial charge in [0.1, 0.15) is 0 Å². The lowest BCUT2D eigenvalue weighted by molar-refractivity contribution is -0.120. The van der Waals surface area contributed by atoms with E-state index in [-0.39, 0.29) is 11.5 Å². The quantitative estimate of drug-likeness (QED) is 0.810. The molecule has 2 aliphatic heterocycles. The second-order valence-corrected chi connectivity index (χ2v) is 8.12. The molecule has 1 atom stereocenters. The Labute approximate surface area is 160 Å². The van der Waals surface area contributed by atoms with Crippen molar-refractivity contribution in [2.75, 3.05) is 39.3 Å². The van der Waals surface area contributed by atoms with Crippen LogP contribution >= 0.6 is 0 Å². The molecule has 7 heteroatoms. The second-order valence-electron chi connectivity index (χ2n) is 8.12. The third kappa shape index (κ3) is 4.58. The Morgan fingerprint density at radius 1 is 1.04 bits per heavy atom. The molecule has 4 rings (SSSR count). The Kier molecular flexibility index (Phi) is 5.88. The van der Waals surface area contributed by atoms with E-state index in [2.05, 4.69) is 15.1 Å². The van der Waals surface area contributed by atoms with Crippen LogP contribution in [0.1, 0.15) is 43.4 Å². The van der Waals surface area contributed by atoms with E-state index in [1.165, 1.54) is 19.3 Å². The van der Waals surface area contributed by atoms with Gasteiger partial charge in [-0.25, -0.2) is 4.68 Å². The van der Waals surface area contributed by atoms with Crippen LogP contribution in [0.25, 0.3) is 0 Å². The first-order valence-electron chi connectivity index (χ1n) is 10.5. The summed E-state index contributed by atoms with van der Waals surface area (Å²) >= 11 is 0. The molecule has 148 valence electrons. The van der Waals surface area contributed by atoms with Crippen LogP contribution in [0.3, 0.4) is 0 Å². The smallest absolute Gasteiger partial charge is 0.267 e. The van der Waals surface area contributed by atoms with Crippen molar-refractivity contribution >= 4 is 5.91 Å². The summed E-state index contributed by atoms with van der Waals surface area (Å²) in [7, 11) is 0. The van der Waals surface area contributed by atoms with Crippen LogP contribution in [0.2, 0.25) is 0 Å². The molecule has 0 saturated carbocycles. The highest BCUT2D eigenvalue weighted by Gasteiger charge is 2.26. The molecule has 0 spiro atoms. The Bertz CT molecular complexity index is 732. The number of aromatic nitrogens is 2. The van der Waals surface area contributed by atoms with Crippen molar-refractivity contribution in [1.82, 2.24) is 24.9 Å². The molecule has 1 aromatic rings. The maximum Gasteiger partial charge on any atom is 0.267 e. The lowest BCUT2D eigenvalue weighted by Gasteiger charge is -2.28. The number of carbonyl (C=O) groups excluding carboxylic acids is 1. The second kappa shape index (κ2) is 8.52. The fourth-order valence-electron chi connectivity index (χ4n) is 4.63. The highest BCUT2D eigenvalue weighted by Crippen LogP contribution is 2.20. The highest BCUT2D eigenvalue weighted by molar-refractivity contribution is 5.76. The third-order valence-corrected chi connectivity index (χ3v) is 6.27. The average Bonchev–Trinajstić information content (AvgIpc) is 3.00. The average molecular weight is 374 g/mol. The van der Waals surface area contributed by atoms with Crippen LogP contribution in [-0.4, -0.2) is 70.8 Å². The van der Waals surface area contributed by atoms with Gasteiger partial charge in [-0.2, -0.15) is 5.10 Å². The first-order chi connectivity index (χ1) is 13.2. The molecule has 2 fully saturated rings. The van der Waals surface area contributed by atoms with Crippen LogP contribution in [0.5, 0.6) is 0 Å². The minimum absolute atomic E-state index is 0.0552. The van der Waals surface area contributed by atoms with E-state index in [9.17, 15) is 9.59 Å². The van der Waals surface area contributed by atoms with Gasteiger partial charge in [0.2, 0.25) is 5.91 Å². The van der Waals surface area contributed by atoms with E-state index in [1.807, 2.05) is 6.07 Å². The molecule has 0 aromatic carbocycles. The van der Waals surface area contributed by atoms with Gasteiger partial charge < -0.3 is 5.32 Å². The number of hydrogen-bond donors (Lipinski definition) is 1. The van der Waals surface area contributed by atoms with Gasteiger partial charge in [-0.05, 0) is 50.6 Å². The number of carbonyl (C=O) groups is 1. The van der Waals surface area contributed by atoms with Crippen LogP contribution < -0.4 is 10.9 Å². The molecule has 1 aromatic heterocycles. The molecule has 1 unspecified atom stereocenters. The van der Waals surface area contributed by atoms with Gasteiger partial charge in [-0.1, -0.05) is 0 Å². The maximum atomic E-state index is 12.5. The zero-order chi connectivity index (χ0) is 18.6. The highest BCUT2D eigenvalue weighted by atomic mass is 16.1. The molecule has 1 amide bonds. The van der Waals surface area contributed by atoms with Gasteiger partial charge >= 0.3 is 0 Å². The topological polar surface area (TPSA) is 70.5 Å². The van der Waals surface area contributed by atoms with Crippen LogP contribution in [0.4, 0.5) is 0 Å². The normalized spacial score (nSPS) is 24.4. The summed E-state index contributed by atoms with van der Waals surface area (Å²) < 4.78 is 1.71. The lowest BCUT2D eigenvalue weighted by Crippen LogP contribution is -2.42. The summed E-state index contributed by atoms with van der Waals surface area (Å²) in [4.78, 5) is 28.9. The van der Waals surface area contributed by atoms with Crippen molar-refractivity contribution in [2.45, 2.75) is 57.5 Å². The molecule has 3 aliphatic rings.